The van der Waals surface area contributed by atoms with E-state index in [1.54, 1.807) is 12.1 Å². The summed E-state index contributed by atoms with van der Waals surface area (Å²) >= 11 is 13.5. The summed E-state index contributed by atoms with van der Waals surface area (Å²) in [6.07, 6.45) is 0. The molecule has 0 bridgehead atoms. The Morgan fingerprint density at radius 2 is 1.91 bits per heavy atom. The van der Waals surface area contributed by atoms with Crippen LogP contribution in [0.15, 0.2) is 48.5 Å². The molecular formula is C17H17Cl2NOS. The van der Waals surface area contributed by atoms with Gasteiger partial charge < -0.3 is 5.32 Å². The molecule has 0 spiro atoms. The number of hydrogen-bond acceptors (Lipinski definition) is 2. The second kappa shape index (κ2) is 8.47. The van der Waals surface area contributed by atoms with Gasteiger partial charge in [0.05, 0.1) is 11.8 Å². The molecule has 5 heteroatoms. The Kier molecular flexibility index (Phi) is 6.62. The van der Waals surface area contributed by atoms with Crippen LogP contribution in [-0.4, -0.2) is 11.7 Å². The zero-order valence-corrected chi connectivity index (χ0v) is 14.5. The second-order valence-corrected chi connectivity index (χ2v) is 6.76. The highest BCUT2D eigenvalue weighted by molar-refractivity contribution is 7.99. The smallest absolute Gasteiger partial charge is 0.230 e. The van der Waals surface area contributed by atoms with E-state index in [0.29, 0.717) is 21.6 Å². The van der Waals surface area contributed by atoms with Gasteiger partial charge in [-0.25, -0.2) is 0 Å². The topological polar surface area (TPSA) is 29.1 Å². The van der Waals surface area contributed by atoms with Crippen LogP contribution < -0.4 is 5.32 Å². The van der Waals surface area contributed by atoms with Crippen LogP contribution in [0, 0.1) is 0 Å². The van der Waals surface area contributed by atoms with E-state index in [1.165, 1.54) is 11.8 Å². The fraction of sp³-hybridized carbons (Fsp3) is 0.235. The Bertz CT molecular complexity index is 634. The summed E-state index contributed by atoms with van der Waals surface area (Å²) < 4.78 is 0. The van der Waals surface area contributed by atoms with E-state index in [1.807, 2.05) is 43.3 Å². The zero-order valence-electron chi connectivity index (χ0n) is 12.2. The summed E-state index contributed by atoms with van der Waals surface area (Å²) in [6.45, 7) is 1.98. The Morgan fingerprint density at radius 1 is 1.18 bits per heavy atom. The molecule has 0 fully saturated rings. The van der Waals surface area contributed by atoms with Crippen LogP contribution >= 0.6 is 35.0 Å². The van der Waals surface area contributed by atoms with Crippen molar-refractivity contribution in [2.45, 2.75) is 18.7 Å². The van der Waals surface area contributed by atoms with Crippen LogP contribution in [-0.2, 0) is 10.5 Å². The highest BCUT2D eigenvalue weighted by Gasteiger charge is 2.09. The van der Waals surface area contributed by atoms with Gasteiger partial charge in [-0.1, -0.05) is 59.6 Å². The molecule has 0 heterocycles. The van der Waals surface area contributed by atoms with Crippen molar-refractivity contribution in [2.24, 2.45) is 0 Å². The lowest BCUT2D eigenvalue weighted by Crippen LogP contribution is -2.28. The van der Waals surface area contributed by atoms with Crippen molar-refractivity contribution in [3.05, 3.63) is 69.7 Å². The van der Waals surface area contributed by atoms with Crippen LogP contribution in [0.3, 0.4) is 0 Å². The first-order chi connectivity index (χ1) is 10.6. The SMILES string of the molecule is C[C@@H](NC(=O)CSCc1ccc(Cl)cc1Cl)c1ccccc1. The lowest BCUT2D eigenvalue weighted by atomic mass is 10.1. The van der Waals surface area contributed by atoms with E-state index in [2.05, 4.69) is 5.32 Å². The van der Waals surface area contributed by atoms with E-state index in [9.17, 15) is 4.79 Å². The summed E-state index contributed by atoms with van der Waals surface area (Å²) in [5.41, 5.74) is 2.08. The second-order valence-electron chi connectivity index (χ2n) is 4.93. The maximum Gasteiger partial charge on any atom is 0.230 e. The van der Waals surface area contributed by atoms with Crippen molar-refractivity contribution in [1.29, 1.82) is 0 Å². The van der Waals surface area contributed by atoms with Crippen LogP contribution in [0.4, 0.5) is 0 Å². The van der Waals surface area contributed by atoms with Crippen molar-refractivity contribution >= 4 is 40.9 Å². The number of amides is 1. The van der Waals surface area contributed by atoms with Crippen LogP contribution in [0.1, 0.15) is 24.1 Å². The van der Waals surface area contributed by atoms with Crippen molar-refractivity contribution in [2.75, 3.05) is 5.75 Å². The molecule has 22 heavy (non-hydrogen) atoms. The van der Waals surface area contributed by atoms with Gasteiger partial charge in [-0.05, 0) is 30.2 Å². The molecule has 0 saturated heterocycles. The number of halogens is 2. The van der Waals surface area contributed by atoms with Crippen LogP contribution in [0.5, 0.6) is 0 Å². The molecule has 0 aliphatic rings. The van der Waals surface area contributed by atoms with Crippen molar-refractivity contribution in [3.8, 4) is 0 Å². The van der Waals surface area contributed by atoms with Gasteiger partial charge in [0.2, 0.25) is 5.91 Å². The molecule has 116 valence electrons. The van der Waals surface area contributed by atoms with E-state index < -0.39 is 0 Å². The molecule has 0 unspecified atom stereocenters. The third-order valence-corrected chi connectivity index (χ3v) is 4.75. The van der Waals surface area contributed by atoms with Gasteiger partial charge in [-0.3, -0.25) is 4.79 Å². The van der Waals surface area contributed by atoms with Gasteiger partial charge in [0.15, 0.2) is 0 Å². The van der Waals surface area contributed by atoms with Gasteiger partial charge in [-0.2, -0.15) is 0 Å². The van der Waals surface area contributed by atoms with E-state index in [4.69, 9.17) is 23.2 Å². The number of nitrogens with one attached hydrogen (secondary N) is 1. The zero-order chi connectivity index (χ0) is 15.9. The molecule has 0 radical (unpaired) electrons. The van der Waals surface area contributed by atoms with E-state index in [0.717, 1.165) is 11.1 Å². The number of thioether (sulfide) groups is 1. The quantitative estimate of drug-likeness (QED) is 0.782. The van der Waals surface area contributed by atoms with E-state index >= 15 is 0 Å². The maximum absolute atomic E-state index is 12.0. The lowest BCUT2D eigenvalue weighted by Gasteiger charge is -2.14. The predicted molar refractivity (Wildman–Crippen MR) is 95.6 cm³/mol. The first-order valence-electron chi connectivity index (χ1n) is 6.92. The Morgan fingerprint density at radius 3 is 2.59 bits per heavy atom. The molecule has 2 aromatic carbocycles. The number of carbonyl (C=O) groups is 1. The minimum Gasteiger partial charge on any atom is -0.349 e. The summed E-state index contributed by atoms with van der Waals surface area (Å²) in [7, 11) is 0. The van der Waals surface area contributed by atoms with E-state index in [-0.39, 0.29) is 11.9 Å². The van der Waals surface area contributed by atoms with Crippen molar-refractivity contribution < 1.29 is 4.79 Å². The Hall–Kier alpha value is -1.16. The fourth-order valence-corrected chi connectivity index (χ4v) is 3.40. The number of hydrogen-bond donors (Lipinski definition) is 1. The summed E-state index contributed by atoms with van der Waals surface area (Å²) in [5, 5.41) is 4.25. The summed E-state index contributed by atoms with van der Waals surface area (Å²) in [4.78, 5) is 12.0. The molecule has 1 atom stereocenters. The average molecular weight is 354 g/mol. The van der Waals surface area contributed by atoms with Crippen LogP contribution in [0.25, 0.3) is 0 Å². The standard InChI is InChI=1S/C17H17Cl2NOS/c1-12(13-5-3-2-4-6-13)20-17(21)11-22-10-14-7-8-15(18)9-16(14)19/h2-9,12H,10-11H2,1H3,(H,20,21)/t12-/m1/s1. The van der Waals surface area contributed by atoms with Crippen molar-refractivity contribution in [1.82, 2.24) is 5.32 Å². The lowest BCUT2D eigenvalue weighted by molar-refractivity contribution is -0.119. The van der Waals surface area contributed by atoms with Crippen molar-refractivity contribution in [3.63, 3.8) is 0 Å². The summed E-state index contributed by atoms with van der Waals surface area (Å²) in [6, 6.07) is 15.3. The first-order valence-corrected chi connectivity index (χ1v) is 8.83. The summed E-state index contributed by atoms with van der Waals surface area (Å²) in [5.74, 6) is 1.10. The molecule has 2 rings (SSSR count). The van der Waals surface area contributed by atoms with Gasteiger partial charge in [0.1, 0.15) is 0 Å². The molecule has 2 nitrogen and oxygen atoms in total. The molecule has 0 saturated carbocycles. The number of carbonyl (C=O) groups excluding carboxylic acids is 1. The number of rotatable bonds is 6. The maximum atomic E-state index is 12.0. The minimum absolute atomic E-state index is 0.00780. The Balaban J connectivity index is 1.78. The van der Waals surface area contributed by atoms with Gasteiger partial charge >= 0.3 is 0 Å². The average Bonchev–Trinajstić information content (AvgIpc) is 2.50. The van der Waals surface area contributed by atoms with Gasteiger partial charge in [0, 0.05) is 15.8 Å². The highest BCUT2D eigenvalue weighted by Crippen LogP contribution is 2.24. The molecule has 0 aliphatic heterocycles. The molecular weight excluding hydrogens is 337 g/mol. The Labute approximate surface area is 145 Å². The molecule has 1 amide bonds. The normalized spacial score (nSPS) is 12.0. The predicted octanol–water partition coefficient (Wildman–Crippen LogP) is 5.10. The van der Waals surface area contributed by atoms with Gasteiger partial charge in [-0.15, -0.1) is 11.8 Å². The first kappa shape index (κ1) is 17.2. The third kappa shape index (κ3) is 5.24. The van der Waals surface area contributed by atoms with Crippen LogP contribution in [0.2, 0.25) is 10.0 Å². The minimum atomic E-state index is 0.00780. The molecule has 1 N–H and O–H groups in total. The molecule has 0 aromatic heterocycles. The number of benzene rings is 2. The largest absolute Gasteiger partial charge is 0.349 e. The molecule has 2 aromatic rings. The third-order valence-electron chi connectivity index (χ3n) is 3.18. The monoisotopic (exact) mass is 353 g/mol. The molecule has 0 aliphatic carbocycles. The highest BCUT2D eigenvalue weighted by atomic mass is 35.5. The fourth-order valence-electron chi connectivity index (χ4n) is 2.00. The van der Waals surface area contributed by atoms with Gasteiger partial charge in [0.25, 0.3) is 0 Å².